The minimum Gasteiger partial charge on any atom is -0.488 e. The molecule has 0 spiro atoms. The van der Waals surface area contributed by atoms with Gasteiger partial charge in [0.15, 0.2) is 0 Å². The van der Waals surface area contributed by atoms with Gasteiger partial charge in [0.2, 0.25) is 0 Å². The van der Waals surface area contributed by atoms with Gasteiger partial charge in [0, 0.05) is 22.5 Å². The zero-order chi connectivity index (χ0) is 13.0. The molecule has 1 heterocycles. The van der Waals surface area contributed by atoms with Crippen LogP contribution in [0.4, 0.5) is 4.39 Å². The zero-order valence-electron chi connectivity index (χ0n) is 10.4. The van der Waals surface area contributed by atoms with Crippen LogP contribution < -0.4 is 10.1 Å². The third kappa shape index (κ3) is 3.09. The molecule has 2 rings (SSSR count). The second kappa shape index (κ2) is 5.98. The Morgan fingerprint density at radius 2 is 2.22 bits per heavy atom. The molecule has 0 radical (unpaired) electrons. The molecule has 1 N–H and O–H groups in total. The van der Waals surface area contributed by atoms with Crippen LogP contribution in [0.5, 0.6) is 5.75 Å². The number of benzene rings is 1. The third-order valence-corrected chi connectivity index (χ3v) is 3.68. The number of rotatable bonds is 5. The summed E-state index contributed by atoms with van der Waals surface area (Å²) in [6.07, 6.45) is 0. The fraction of sp³-hybridized carbons (Fsp3) is 0.286. The van der Waals surface area contributed by atoms with Crippen molar-refractivity contribution in [1.82, 2.24) is 5.32 Å². The Labute approximate surface area is 110 Å². The van der Waals surface area contributed by atoms with E-state index in [9.17, 15) is 4.39 Å². The van der Waals surface area contributed by atoms with E-state index in [1.165, 1.54) is 6.07 Å². The molecule has 0 fully saturated rings. The summed E-state index contributed by atoms with van der Waals surface area (Å²) in [5, 5.41) is 5.01. The number of thiophene rings is 1. The van der Waals surface area contributed by atoms with Gasteiger partial charge in [0.05, 0.1) is 0 Å². The lowest BCUT2D eigenvalue weighted by Crippen LogP contribution is -2.13. The van der Waals surface area contributed by atoms with Crippen LogP contribution in [0.3, 0.4) is 0 Å². The fourth-order valence-corrected chi connectivity index (χ4v) is 2.27. The first-order valence-electron chi connectivity index (χ1n) is 5.82. The smallest absolute Gasteiger partial charge is 0.131 e. The highest BCUT2D eigenvalue weighted by Gasteiger charge is 2.10. The van der Waals surface area contributed by atoms with Gasteiger partial charge in [-0.05, 0) is 31.5 Å². The molecule has 1 aromatic heterocycles. The molecule has 1 unspecified atom stereocenters. The van der Waals surface area contributed by atoms with Crippen molar-refractivity contribution >= 4 is 11.3 Å². The minimum atomic E-state index is -0.236. The van der Waals surface area contributed by atoms with Crippen LogP contribution >= 0.6 is 11.3 Å². The van der Waals surface area contributed by atoms with Crippen LogP contribution in [-0.2, 0) is 6.61 Å². The van der Waals surface area contributed by atoms with Crippen molar-refractivity contribution in [3.8, 4) is 5.75 Å². The van der Waals surface area contributed by atoms with E-state index >= 15 is 0 Å². The molecular formula is C14H16FNOS. The standard InChI is InChI=1S/C14H16FNOS/c1-10(16-2)13-6-5-11(8-14(13)15)17-9-12-4-3-7-18-12/h3-8,10,16H,9H2,1-2H3. The Morgan fingerprint density at radius 3 is 2.83 bits per heavy atom. The van der Waals surface area contributed by atoms with Crippen molar-refractivity contribution in [3.05, 3.63) is 52.0 Å². The van der Waals surface area contributed by atoms with Gasteiger partial charge in [-0.15, -0.1) is 11.3 Å². The lowest BCUT2D eigenvalue weighted by Gasteiger charge is -2.13. The summed E-state index contributed by atoms with van der Waals surface area (Å²) in [4.78, 5) is 1.13. The van der Waals surface area contributed by atoms with Crippen molar-refractivity contribution in [2.45, 2.75) is 19.6 Å². The fourth-order valence-electron chi connectivity index (χ4n) is 1.65. The Hall–Kier alpha value is -1.39. The summed E-state index contributed by atoms with van der Waals surface area (Å²) in [5.41, 5.74) is 0.654. The molecule has 0 bridgehead atoms. The molecule has 0 saturated carbocycles. The van der Waals surface area contributed by atoms with Crippen molar-refractivity contribution in [3.63, 3.8) is 0 Å². The van der Waals surface area contributed by atoms with Crippen LogP contribution in [0.15, 0.2) is 35.7 Å². The van der Waals surface area contributed by atoms with E-state index in [1.807, 2.05) is 31.5 Å². The van der Waals surface area contributed by atoms with Gasteiger partial charge in [-0.3, -0.25) is 0 Å². The number of ether oxygens (including phenoxy) is 1. The first-order valence-corrected chi connectivity index (χ1v) is 6.70. The molecule has 4 heteroatoms. The van der Waals surface area contributed by atoms with Crippen LogP contribution in [0, 0.1) is 5.82 Å². The quantitative estimate of drug-likeness (QED) is 0.889. The summed E-state index contributed by atoms with van der Waals surface area (Å²) in [6.45, 7) is 2.41. The SMILES string of the molecule is CNC(C)c1ccc(OCc2cccs2)cc1F. The van der Waals surface area contributed by atoms with Crippen LogP contribution in [-0.4, -0.2) is 7.05 Å². The van der Waals surface area contributed by atoms with Gasteiger partial charge in [-0.25, -0.2) is 4.39 Å². The van der Waals surface area contributed by atoms with E-state index in [2.05, 4.69) is 5.32 Å². The van der Waals surface area contributed by atoms with Crippen LogP contribution in [0.1, 0.15) is 23.4 Å². The van der Waals surface area contributed by atoms with Crippen LogP contribution in [0.2, 0.25) is 0 Å². The zero-order valence-corrected chi connectivity index (χ0v) is 11.3. The molecule has 0 amide bonds. The predicted molar refractivity (Wildman–Crippen MR) is 72.5 cm³/mol. The van der Waals surface area contributed by atoms with E-state index in [0.717, 1.165) is 4.88 Å². The molecule has 0 aliphatic carbocycles. The molecule has 2 aromatic rings. The monoisotopic (exact) mass is 265 g/mol. The molecule has 2 nitrogen and oxygen atoms in total. The lowest BCUT2D eigenvalue weighted by molar-refractivity contribution is 0.307. The summed E-state index contributed by atoms with van der Waals surface area (Å²) in [5.74, 6) is 0.327. The van der Waals surface area contributed by atoms with Gasteiger partial charge < -0.3 is 10.1 Å². The minimum absolute atomic E-state index is 0.00338. The van der Waals surface area contributed by atoms with E-state index in [0.29, 0.717) is 17.9 Å². The first-order chi connectivity index (χ1) is 8.70. The third-order valence-electron chi connectivity index (χ3n) is 2.83. The normalized spacial score (nSPS) is 12.4. The highest BCUT2D eigenvalue weighted by atomic mass is 32.1. The topological polar surface area (TPSA) is 21.3 Å². The van der Waals surface area contributed by atoms with Crippen molar-refractivity contribution in [2.24, 2.45) is 0 Å². The Kier molecular flexibility index (Phi) is 4.33. The Bertz CT molecular complexity index is 499. The van der Waals surface area contributed by atoms with E-state index in [-0.39, 0.29) is 11.9 Å². The molecule has 96 valence electrons. The number of hydrogen-bond acceptors (Lipinski definition) is 3. The van der Waals surface area contributed by atoms with Gasteiger partial charge in [-0.2, -0.15) is 0 Å². The molecule has 0 aliphatic heterocycles. The van der Waals surface area contributed by atoms with E-state index in [4.69, 9.17) is 4.74 Å². The average Bonchev–Trinajstić information content (AvgIpc) is 2.88. The average molecular weight is 265 g/mol. The molecular weight excluding hydrogens is 249 g/mol. The Balaban J connectivity index is 2.04. The molecule has 0 saturated heterocycles. The van der Waals surface area contributed by atoms with Crippen LogP contribution in [0.25, 0.3) is 0 Å². The highest BCUT2D eigenvalue weighted by Crippen LogP contribution is 2.22. The molecule has 18 heavy (non-hydrogen) atoms. The van der Waals surface area contributed by atoms with Gasteiger partial charge in [-0.1, -0.05) is 12.1 Å². The number of hydrogen-bond donors (Lipinski definition) is 1. The summed E-state index contributed by atoms with van der Waals surface area (Å²) < 4.78 is 19.4. The van der Waals surface area contributed by atoms with Crippen molar-refractivity contribution < 1.29 is 9.13 Å². The van der Waals surface area contributed by atoms with E-state index < -0.39 is 0 Å². The number of nitrogens with one attached hydrogen (secondary N) is 1. The van der Waals surface area contributed by atoms with E-state index in [1.54, 1.807) is 23.5 Å². The predicted octanol–water partition coefficient (Wildman–Crippen LogP) is 3.75. The largest absolute Gasteiger partial charge is 0.488 e. The second-order valence-electron chi connectivity index (χ2n) is 4.06. The summed E-state index contributed by atoms with van der Waals surface area (Å²) in [6, 6.07) is 8.98. The highest BCUT2D eigenvalue weighted by molar-refractivity contribution is 7.09. The molecule has 0 aliphatic rings. The molecule has 1 aromatic carbocycles. The maximum atomic E-state index is 13.8. The van der Waals surface area contributed by atoms with Crippen molar-refractivity contribution in [2.75, 3.05) is 7.05 Å². The number of halogens is 1. The van der Waals surface area contributed by atoms with Gasteiger partial charge in [0.1, 0.15) is 18.2 Å². The first kappa shape index (κ1) is 13.1. The van der Waals surface area contributed by atoms with Crippen molar-refractivity contribution in [1.29, 1.82) is 0 Å². The van der Waals surface area contributed by atoms with Gasteiger partial charge in [0.25, 0.3) is 0 Å². The van der Waals surface area contributed by atoms with Gasteiger partial charge >= 0.3 is 0 Å². The Morgan fingerprint density at radius 1 is 1.39 bits per heavy atom. The maximum absolute atomic E-state index is 13.8. The summed E-state index contributed by atoms with van der Waals surface area (Å²) >= 11 is 1.63. The summed E-state index contributed by atoms with van der Waals surface area (Å²) in [7, 11) is 1.81. The lowest BCUT2D eigenvalue weighted by atomic mass is 10.1. The molecule has 1 atom stereocenters. The second-order valence-corrected chi connectivity index (χ2v) is 5.09. The maximum Gasteiger partial charge on any atom is 0.131 e.